The highest BCUT2D eigenvalue weighted by Crippen LogP contribution is 2.09. The number of aryl methyl sites for hydroxylation is 1. The Balaban J connectivity index is 3.63. The van der Waals surface area contributed by atoms with Crippen LogP contribution in [0.2, 0.25) is 0 Å². The standard InChI is InChI=1S/C8H10N2O3/c1-4-3-5(11)10(2)8(13)6(4)7(9)12/h3,11H,1-2H3,(H2,9,12). The summed E-state index contributed by atoms with van der Waals surface area (Å²) in [7, 11) is 1.36. The minimum atomic E-state index is -0.780. The number of hydrogen-bond acceptors (Lipinski definition) is 3. The molecule has 0 radical (unpaired) electrons. The second kappa shape index (κ2) is 2.93. The Morgan fingerprint density at radius 3 is 2.62 bits per heavy atom. The highest BCUT2D eigenvalue weighted by atomic mass is 16.3. The van der Waals surface area contributed by atoms with Crippen LogP contribution >= 0.6 is 0 Å². The molecule has 0 atom stereocenters. The SMILES string of the molecule is Cc1cc(O)n(C)c(=O)c1C(N)=O. The van der Waals surface area contributed by atoms with E-state index >= 15 is 0 Å². The van der Waals surface area contributed by atoms with E-state index in [4.69, 9.17) is 5.73 Å². The Morgan fingerprint density at radius 1 is 1.62 bits per heavy atom. The Hall–Kier alpha value is -1.78. The average molecular weight is 182 g/mol. The van der Waals surface area contributed by atoms with Gasteiger partial charge in [0.05, 0.1) is 0 Å². The molecule has 0 fully saturated rings. The van der Waals surface area contributed by atoms with Crippen LogP contribution < -0.4 is 11.3 Å². The van der Waals surface area contributed by atoms with Gasteiger partial charge in [-0.05, 0) is 12.5 Å². The molecule has 13 heavy (non-hydrogen) atoms. The third-order valence-electron chi connectivity index (χ3n) is 1.85. The van der Waals surface area contributed by atoms with Crippen molar-refractivity contribution in [2.24, 2.45) is 12.8 Å². The molecule has 0 unspecified atom stereocenters. The summed E-state index contributed by atoms with van der Waals surface area (Å²) in [6.45, 7) is 1.54. The molecule has 0 aliphatic carbocycles. The van der Waals surface area contributed by atoms with Gasteiger partial charge in [0.2, 0.25) is 0 Å². The summed E-state index contributed by atoms with van der Waals surface area (Å²) in [4.78, 5) is 22.2. The van der Waals surface area contributed by atoms with Gasteiger partial charge in [0.1, 0.15) is 5.56 Å². The fraction of sp³-hybridized carbons (Fsp3) is 0.250. The molecule has 3 N–H and O–H groups in total. The summed E-state index contributed by atoms with van der Waals surface area (Å²) in [5, 5.41) is 9.20. The van der Waals surface area contributed by atoms with E-state index in [0.717, 1.165) is 4.57 Å². The van der Waals surface area contributed by atoms with E-state index in [9.17, 15) is 14.7 Å². The van der Waals surface area contributed by atoms with Crippen molar-refractivity contribution >= 4 is 5.91 Å². The van der Waals surface area contributed by atoms with Crippen molar-refractivity contribution < 1.29 is 9.90 Å². The minimum Gasteiger partial charge on any atom is -0.494 e. The summed E-state index contributed by atoms with van der Waals surface area (Å²) >= 11 is 0. The van der Waals surface area contributed by atoms with Crippen molar-refractivity contribution in [2.45, 2.75) is 6.92 Å². The number of hydrogen-bond donors (Lipinski definition) is 2. The van der Waals surface area contributed by atoms with Crippen molar-refractivity contribution in [3.05, 3.63) is 27.5 Å². The normalized spacial score (nSPS) is 10.0. The van der Waals surface area contributed by atoms with Gasteiger partial charge in [-0.15, -0.1) is 0 Å². The summed E-state index contributed by atoms with van der Waals surface area (Å²) in [5.41, 5.74) is 4.72. The maximum absolute atomic E-state index is 11.4. The van der Waals surface area contributed by atoms with Crippen LogP contribution in [0.25, 0.3) is 0 Å². The third kappa shape index (κ3) is 1.40. The van der Waals surface area contributed by atoms with Crippen LogP contribution in [0.3, 0.4) is 0 Å². The molecule has 70 valence electrons. The number of aromatic nitrogens is 1. The average Bonchev–Trinajstić information content (AvgIpc) is 1.99. The minimum absolute atomic E-state index is 0.0831. The number of aromatic hydroxyl groups is 1. The zero-order valence-electron chi connectivity index (χ0n) is 7.37. The number of amides is 1. The van der Waals surface area contributed by atoms with Crippen LogP contribution in [-0.2, 0) is 7.05 Å². The Kier molecular flexibility index (Phi) is 2.10. The molecule has 0 saturated heterocycles. The van der Waals surface area contributed by atoms with Crippen LogP contribution in [0.4, 0.5) is 0 Å². The molecule has 0 aliphatic heterocycles. The van der Waals surface area contributed by atoms with Gasteiger partial charge in [-0.25, -0.2) is 0 Å². The van der Waals surface area contributed by atoms with E-state index in [0.29, 0.717) is 5.56 Å². The van der Waals surface area contributed by atoms with Crippen molar-refractivity contribution in [3.8, 4) is 5.88 Å². The lowest BCUT2D eigenvalue weighted by Crippen LogP contribution is -2.29. The molecule has 1 heterocycles. The molecular weight excluding hydrogens is 172 g/mol. The van der Waals surface area contributed by atoms with Gasteiger partial charge in [-0.2, -0.15) is 0 Å². The van der Waals surface area contributed by atoms with Crippen LogP contribution in [0, 0.1) is 6.92 Å². The molecule has 1 aromatic rings. The van der Waals surface area contributed by atoms with Gasteiger partial charge in [-0.1, -0.05) is 0 Å². The molecule has 0 aliphatic rings. The molecule has 0 saturated carbocycles. The van der Waals surface area contributed by atoms with Crippen LogP contribution in [0.5, 0.6) is 5.88 Å². The maximum atomic E-state index is 11.4. The lowest BCUT2D eigenvalue weighted by molar-refractivity contribution is 0.0997. The molecular formula is C8H10N2O3. The Bertz CT molecular complexity index is 420. The number of carbonyl (C=O) groups is 1. The van der Waals surface area contributed by atoms with E-state index in [1.807, 2.05) is 0 Å². The lowest BCUT2D eigenvalue weighted by atomic mass is 10.1. The lowest BCUT2D eigenvalue weighted by Gasteiger charge is -2.05. The Labute approximate surface area is 74.4 Å². The first-order valence-corrected chi connectivity index (χ1v) is 3.64. The summed E-state index contributed by atoms with van der Waals surface area (Å²) < 4.78 is 0.965. The Morgan fingerprint density at radius 2 is 2.15 bits per heavy atom. The fourth-order valence-corrected chi connectivity index (χ4v) is 1.10. The molecule has 0 bridgehead atoms. The highest BCUT2D eigenvalue weighted by Gasteiger charge is 2.13. The molecule has 5 nitrogen and oxygen atoms in total. The summed E-state index contributed by atoms with van der Waals surface area (Å²) in [6.07, 6.45) is 0. The predicted octanol–water partition coefficient (Wildman–Crippen LogP) is -0.502. The van der Waals surface area contributed by atoms with Gasteiger partial charge < -0.3 is 10.8 Å². The second-order valence-corrected chi connectivity index (χ2v) is 2.79. The van der Waals surface area contributed by atoms with Crippen LogP contribution in [-0.4, -0.2) is 15.6 Å². The predicted molar refractivity (Wildman–Crippen MR) is 46.6 cm³/mol. The smallest absolute Gasteiger partial charge is 0.266 e. The molecule has 0 aromatic carbocycles. The fourth-order valence-electron chi connectivity index (χ4n) is 1.10. The van der Waals surface area contributed by atoms with Crippen LogP contribution in [0.15, 0.2) is 10.9 Å². The monoisotopic (exact) mass is 182 g/mol. The molecule has 1 amide bonds. The second-order valence-electron chi connectivity index (χ2n) is 2.79. The number of primary amides is 1. The number of nitrogens with two attached hydrogens (primary N) is 1. The first-order valence-electron chi connectivity index (χ1n) is 3.64. The largest absolute Gasteiger partial charge is 0.494 e. The van der Waals surface area contributed by atoms with Crippen molar-refractivity contribution in [1.82, 2.24) is 4.57 Å². The maximum Gasteiger partial charge on any atom is 0.266 e. The van der Waals surface area contributed by atoms with E-state index in [1.54, 1.807) is 6.92 Å². The number of carbonyl (C=O) groups excluding carboxylic acids is 1. The summed E-state index contributed by atoms with van der Waals surface area (Å²) in [6, 6.07) is 1.32. The van der Waals surface area contributed by atoms with Crippen molar-refractivity contribution in [1.29, 1.82) is 0 Å². The third-order valence-corrected chi connectivity index (χ3v) is 1.85. The zero-order valence-corrected chi connectivity index (χ0v) is 7.37. The van der Waals surface area contributed by atoms with Gasteiger partial charge >= 0.3 is 0 Å². The first kappa shape index (κ1) is 9.31. The topological polar surface area (TPSA) is 85.3 Å². The van der Waals surface area contributed by atoms with Gasteiger partial charge in [0.15, 0.2) is 5.88 Å². The highest BCUT2D eigenvalue weighted by molar-refractivity contribution is 5.93. The van der Waals surface area contributed by atoms with E-state index in [1.165, 1.54) is 13.1 Å². The molecule has 5 heteroatoms. The van der Waals surface area contributed by atoms with Crippen LogP contribution in [0.1, 0.15) is 15.9 Å². The number of nitrogens with zero attached hydrogens (tertiary/aromatic N) is 1. The number of pyridine rings is 1. The molecule has 1 aromatic heterocycles. The van der Waals surface area contributed by atoms with E-state index in [2.05, 4.69) is 0 Å². The zero-order chi connectivity index (χ0) is 10.2. The summed E-state index contributed by atoms with van der Waals surface area (Å²) in [5.74, 6) is -0.967. The molecule has 0 spiro atoms. The quantitative estimate of drug-likeness (QED) is 0.613. The van der Waals surface area contributed by atoms with Crippen molar-refractivity contribution in [2.75, 3.05) is 0 Å². The first-order chi connectivity index (χ1) is 5.95. The van der Waals surface area contributed by atoms with Gasteiger partial charge in [0.25, 0.3) is 11.5 Å². The van der Waals surface area contributed by atoms with Crippen molar-refractivity contribution in [3.63, 3.8) is 0 Å². The van der Waals surface area contributed by atoms with E-state index in [-0.39, 0.29) is 11.4 Å². The van der Waals surface area contributed by atoms with Gasteiger partial charge in [0, 0.05) is 13.1 Å². The number of rotatable bonds is 1. The van der Waals surface area contributed by atoms with Gasteiger partial charge in [-0.3, -0.25) is 14.2 Å². The molecule has 1 rings (SSSR count). The van der Waals surface area contributed by atoms with E-state index < -0.39 is 11.5 Å².